The second-order valence-corrected chi connectivity index (χ2v) is 6.03. The van der Waals surface area contributed by atoms with E-state index in [1.165, 1.54) is 0 Å². The summed E-state index contributed by atoms with van der Waals surface area (Å²) in [6.45, 7) is 7.64. The van der Waals surface area contributed by atoms with Gasteiger partial charge in [-0.05, 0) is 43.9 Å². The molecule has 0 spiro atoms. The van der Waals surface area contributed by atoms with Gasteiger partial charge in [-0.15, -0.1) is 0 Å². The van der Waals surface area contributed by atoms with Crippen LogP contribution in [0.5, 0.6) is 5.75 Å². The third-order valence-electron chi connectivity index (χ3n) is 3.87. The lowest BCUT2D eigenvalue weighted by Gasteiger charge is -2.13. The Morgan fingerprint density at radius 1 is 1.04 bits per heavy atom. The first-order chi connectivity index (χ1) is 11.4. The first kappa shape index (κ1) is 17.9. The van der Waals surface area contributed by atoms with Gasteiger partial charge in [-0.3, -0.25) is 0 Å². The van der Waals surface area contributed by atoms with Crippen LogP contribution in [0.3, 0.4) is 0 Å². The number of halogens is 1. The molecule has 2 aromatic carbocycles. The highest BCUT2D eigenvalue weighted by Crippen LogP contribution is 2.29. The van der Waals surface area contributed by atoms with Gasteiger partial charge in [0.15, 0.2) is 0 Å². The molecule has 2 aromatic rings. The number of esters is 1. The average Bonchev–Trinajstić information content (AvgIpc) is 2.56. The summed E-state index contributed by atoms with van der Waals surface area (Å²) in [5.74, 6) is -1.32. The Morgan fingerprint density at radius 2 is 1.62 bits per heavy atom. The van der Waals surface area contributed by atoms with Crippen molar-refractivity contribution in [2.45, 2.75) is 40.5 Å². The second-order valence-electron chi connectivity index (χ2n) is 6.03. The number of hydrogen-bond acceptors (Lipinski definition) is 2. The maximum atomic E-state index is 14.8. The molecule has 24 heavy (non-hydrogen) atoms. The molecule has 3 heteroatoms. The smallest absolute Gasteiger partial charge is 0.372 e. The van der Waals surface area contributed by atoms with Crippen LogP contribution in [-0.2, 0) is 4.79 Å². The van der Waals surface area contributed by atoms with E-state index in [-0.39, 0.29) is 0 Å². The van der Waals surface area contributed by atoms with E-state index in [0.29, 0.717) is 23.3 Å². The van der Waals surface area contributed by atoms with Crippen molar-refractivity contribution >= 4 is 11.5 Å². The predicted molar refractivity (Wildman–Crippen MR) is 95.7 cm³/mol. The molecule has 2 rings (SSSR count). The number of carbonyl (C=O) groups is 1. The Labute approximate surface area is 143 Å². The van der Waals surface area contributed by atoms with Crippen molar-refractivity contribution in [2.75, 3.05) is 0 Å². The van der Waals surface area contributed by atoms with Gasteiger partial charge in [0.05, 0.1) is 0 Å². The van der Waals surface area contributed by atoms with Crippen molar-refractivity contribution in [1.29, 1.82) is 0 Å². The van der Waals surface area contributed by atoms with Crippen LogP contribution in [0, 0.1) is 20.8 Å². The SMILES string of the molecule is CCC/C(=C(/F)C(=O)Oc1c(C)cc(C)cc1C)c1ccccc1. The van der Waals surface area contributed by atoms with Crippen LogP contribution in [0.4, 0.5) is 4.39 Å². The zero-order valence-corrected chi connectivity index (χ0v) is 14.7. The molecule has 0 radical (unpaired) electrons. The molecule has 0 aliphatic rings. The van der Waals surface area contributed by atoms with Crippen molar-refractivity contribution in [3.8, 4) is 5.75 Å². The van der Waals surface area contributed by atoms with E-state index in [0.717, 1.165) is 23.1 Å². The van der Waals surface area contributed by atoms with Crippen LogP contribution >= 0.6 is 0 Å². The molecule has 0 atom stereocenters. The zero-order chi connectivity index (χ0) is 17.7. The van der Waals surface area contributed by atoms with Gasteiger partial charge in [-0.25, -0.2) is 4.79 Å². The fourth-order valence-electron chi connectivity index (χ4n) is 2.86. The number of benzene rings is 2. The Hall–Kier alpha value is -2.42. The van der Waals surface area contributed by atoms with Crippen molar-refractivity contribution < 1.29 is 13.9 Å². The van der Waals surface area contributed by atoms with E-state index >= 15 is 0 Å². The molecule has 0 saturated heterocycles. The number of ether oxygens (including phenoxy) is 1. The van der Waals surface area contributed by atoms with Gasteiger partial charge in [0.1, 0.15) is 5.75 Å². The van der Waals surface area contributed by atoms with E-state index in [1.54, 1.807) is 12.1 Å². The number of allylic oxidation sites excluding steroid dienone is 1. The van der Waals surface area contributed by atoms with Gasteiger partial charge in [-0.1, -0.05) is 61.4 Å². The summed E-state index contributed by atoms with van der Waals surface area (Å²) >= 11 is 0. The molecule has 0 aliphatic carbocycles. The molecule has 0 bridgehead atoms. The van der Waals surface area contributed by atoms with Crippen LogP contribution in [0.15, 0.2) is 48.3 Å². The summed E-state index contributed by atoms with van der Waals surface area (Å²) in [7, 11) is 0. The van der Waals surface area contributed by atoms with Crippen molar-refractivity contribution in [3.05, 3.63) is 70.5 Å². The highest BCUT2D eigenvalue weighted by Gasteiger charge is 2.20. The third-order valence-corrected chi connectivity index (χ3v) is 3.87. The Balaban J connectivity index is 2.36. The summed E-state index contributed by atoms with van der Waals surface area (Å²) in [5.41, 5.74) is 3.84. The minimum atomic E-state index is -0.933. The van der Waals surface area contributed by atoms with Gasteiger partial charge in [0.25, 0.3) is 0 Å². The topological polar surface area (TPSA) is 26.3 Å². The quantitative estimate of drug-likeness (QED) is 0.400. The van der Waals surface area contributed by atoms with Gasteiger partial charge in [0.2, 0.25) is 5.83 Å². The van der Waals surface area contributed by atoms with Crippen LogP contribution in [0.2, 0.25) is 0 Å². The fourth-order valence-corrected chi connectivity index (χ4v) is 2.86. The predicted octanol–water partition coefficient (Wildman–Crippen LogP) is 5.70. The zero-order valence-electron chi connectivity index (χ0n) is 14.7. The van der Waals surface area contributed by atoms with Crippen LogP contribution in [-0.4, -0.2) is 5.97 Å². The summed E-state index contributed by atoms with van der Waals surface area (Å²) in [4.78, 5) is 12.3. The Morgan fingerprint density at radius 3 is 2.17 bits per heavy atom. The molecular formula is C21H23FO2. The molecule has 0 fully saturated rings. The highest BCUT2D eigenvalue weighted by atomic mass is 19.1. The largest absolute Gasteiger partial charge is 0.421 e. The maximum Gasteiger partial charge on any atom is 0.372 e. The lowest BCUT2D eigenvalue weighted by Crippen LogP contribution is -2.12. The van der Waals surface area contributed by atoms with Gasteiger partial charge in [0, 0.05) is 5.57 Å². The van der Waals surface area contributed by atoms with E-state index in [4.69, 9.17) is 4.74 Å². The molecule has 0 amide bonds. The molecule has 0 N–H and O–H groups in total. The number of hydrogen-bond donors (Lipinski definition) is 0. The normalized spacial score (nSPS) is 11.9. The Kier molecular flexibility index (Phi) is 5.91. The molecule has 126 valence electrons. The standard InChI is InChI=1S/C21H23FO2/c1-5-9-18(17-10-7-6-8-11-17)19(22)21(23)24-20-15(3)12-14(2)13-16(20)4/h6-8,10-13H,5,9H2,1-4H3/b19-18-. The molecule has 0 unspecified atom stereocenters. The molecule has 2 nitrogen and oxygen atoms in total. The van der Waals surface area contributed by atoms with Crippen molar-refractivity contribution in [3.63, 3.8) is 0 Å². The average molecular weight is 326 g/mol. The number of aryl methyl sites for hydroxylation is 3. The lowest BCUT2D eigenvalue weighted by molar-refractivity contribution is -0.131. The summed E-state index contributed by atoms with van der Waals surface area (Å²) in [6.07, 6.45) is 1.23. The van der Waals surface area contributed by atoms with Crippen molar-refractivity contribution in [1.82, 2.24) is 0 Å². The molecule has 0 saturated carbocycles. The fraction of sp³-hybridized carbons (Fsp3) is 0.286. The van der Waals surface area contributed by atoms with E-state index in [1.807, 2.05) is 58.0 Å². The van der Waals surface area contributed by atoms with E-state index in [9.17, 15) is 9.18 Å². The van der Waals surface area contributed by atoms with Crippen molar-refractivity contribution in [2.24, 2.45) is 0 Å². The van der Waals surface area contributed by atoms with Crippen LogP contribution in [0.1, 0.15) is 42.0 Å². The maximum absolute atomic E-state index is 14.8. The summed E-state index contributed by atoms with van der Waals surface area (Å²) in [6, 6.07) is 13.0. The first-order valence-corrected chi connectivity index (χ1v) is 8.18. The van der Waals surface area contributed by atoms with Gasteiger partial charge < -0.3 is 4.74 Å². The summed E-state index contributed by atoms with van der Waals surface area (Å²) < 4.78 is 20.1. The highest BCUT2D eigenvalue weighted by molar-refractivity contribution is 5.96. The molecule has 0 heterocycles. The monoisotopic (exact) mass is 326 g/mol. The Bertz CT molecular complexity index is 738. The third kappa shape index (κ3) is 4.10. The molecular weight excluding hydrogens is 303 g/mol. The number of rotatable bonds is 5. The van der Waals surface area contributed by atoms with Crippen LogP contribution in [0.25, 0.3) is 5.57 Å². The first-order valence-electron chi connectivity index (χ1n) is 8.18. The van der Waals surface area contributed by atoms with E-state index < -0.39 is 11.8 Å². The van der Waals surface area contributed by atoms with E-state index in [2.05, 4.69) is 0 Å². The minimum Gasteiger partial charge on any atom is -0.421 e. The number of carbonyl (C=O) groups excluding carboxylic acids is 1. The van der Waals surface area contributed by atoms with Gasteiger partial charge in [-0.2, -0.15) is 4.39 Å². The summed E-state index contributed by atoms with van der Waals surface area (Å²) in [5, 5.41) is 0. The molecule has 0 aliphatic heterocycles. The molecule has 0 aromatic heterocycles. The lowest BCUT2D eigenvalue weighted by atomic mass is 10.0. The second kappa shape index (κ2) is 7.91. The van der Waals surface area contributed by atoms with Gasteiger partial charge >= 0.3 is 5.97 Å². The van der Waals surface area contributed by atoms with Crippen LogP contribution < -0.4 is 4.74 Å². The minimum absolute atomic E-state index is 0.394.